The van der Waals surface area contributed by atoms with Gasteiger partial charge < -0.3 is 15.4 Å². The van der Waals surface area contributed by atoms with Gasteiger partial charge in [-0.1, -0.05) is 6.07 Å². The van der Waals surface area contributed by atoms with Crippen molar-refractivity contribution in [2.75, 3.05) is 39.4 Å². The minimum atomic E-state index is -0.929. The maximum atomic E-state index is 13.0. The lowest BCUT2D eigenvalue weighted by molar-refractivity contribution is -0.136. The van der Waals surface area contributed by atoms with Crippen LogP contribution in [0.3, 0.4) is 0 Å². The van der Waals surface area contributed by atoms with Gasteiger partial charge in [0, 0.05) is 19.5 Å². The molecule has 3 N–H and O–H groups in total. The van der Waals surface area contributed by atoms with Crippen molar-refractivity contribution < 1.29 is 23.9 Å². The Hall–Kier alpha value is -2.62. The molecule has 0 aliphatic carbocycles. The van der Waals surface area contributed by atoms with E-state index in [1.165, 1.54) is 0 Å². The van der Waals surface area contributed by atoms with Crippen LogP contribution in [0, 0.1) is 5.92 Å². The highest BCUT2D eigenvalue weighted by Crippen LogP contribution is 2.30. The molecular formula is C23H30N4O5. The molecule has 1 aromatic rings. The zero-order valence-electron chi connectivity index (χ0n) is 18.2. The largest absolute Gasteiger partial charge is 0.379 e. The third-order valence-corrected chi connectivity index (χ3v) is 6.55. The topological polar surface area (TPSA) is 122 Å². The molecule has 4 rings (SSSR count). The number of hydrogen-bond acceptors (Lipinski definition) is 7. The second-order valence-electron chi connectivity index (χ2n) is 8.72. The van der Waals surface area contributed by atoms with Crippen molar-refractivity contribution in [3.05, 3.63) is 34.9 Å². The molecule has 1 aromatic carbocycles. The van der Waals surface area contributed by atoms with Crippen molar-refractivity contribution in [3.63, 3.8) is 0 Å². The van der Waals surface area contributed by atoms with Gasteiger partial charge in [0.2, 0.25) is 11.8 Å². The number of benzene rings is 1. The molecule has 1 unspecified atom stereocenters. The molecule has 4 amide bonds. The summed E-state index contributed by atoms with van der Waals surface area (Å²) in [6, 6.07) is 4.47. The summed E-state index contributed by atoms with van der Waals surface area (Å²) in [6.07, 6.45) is 3.28. The van der Waals surface area contributed by atoms with E-state index in [2.05, 4.69) is 10.2 Å². The summed E-state index contributed by atoms with van der Waals surface area (Å²) in [6.45, 7) is 4.79. The SMILES string of the molecule is NCCOCCN1CCC(Cc2ccc3c(c2)C(=O)N(C2CCC(=O)NC2=O)C3=O)CC1. The summed E-state index contributed by atoms with van der Waals surface area (Å²) in [5.74, 6) is -1.35. The third kappa shape index (κ3) is 4.74. The van der Waals surface area contributed by atoms with E-state index in [0.717, 1.165) is 49.4 Å². The average molecular weight is 443 g/mol. The van der Waals surface area contributed by atoms with Crippen molar-refractivity contribution in [2.24, 2.45) is 11.7 Å². The number of rotatable bonds is 8. The Morgan fingerprint density at radius 2 is 1.75 bits per heavy atom. The molecule has 3 heterocycles. The van der Waals surface area contributed by atoms with Crippen LogP contribution in [0.15, 0.2) is 18.2 Å². The lowest BCUT2D eigenvalue weighted by Gasteiger charge is -2.32. The first-order chi connectivity index (χ1) is 15.5. The van der Waals surface area contributed by atoms with E-state index >= 15 is 0 Å². The average Bonchev–Trinajstić information content (AvgIpc) is 3.02. The van der Waals surface area contributed by atoms with Crippen LogP contribution >= 0.6 is 0 Å². The molecule has 0 saturated carbocycles. The second kappa shape index (κ2) is 9.89. The summed E-state index contributed by atoms with van der Waals surface area (Å²) in [4.78, 5) is 52.8. The van der Waals surface area contributed by atoms with E-state index in [1.54, 1.807) is 12.1 Å². The van der Waals surface area contributed by atoms with Crippen molar-refractivity contribution in [1.82, 2.24) is 15.1 Å². The van der Waals surface area contributed by atoms with Gasteiger partial charge in [0.05, 0.1) is 24.3 Å². The number of carbonyl (C=O) groups excluding carboxylic acids is 4. The van der Waals surface area contributed by atoms with E-state index in [4.69, 9.17) is 10.5 Å². The van der Waals surface area contributed by atoms with Gasteiger partial charge >= 0.3 is 0 Å². The number of nitrogens with zero attached hydrogens (tertiary/aromatic N) is 2. The van der Waals surface area contributed by atoms with Gasteiger partial charge in [-0.05, 0) is 62.4 Å². The van der Waals surface area contributed by atoms with E-state index in [9.17, 15) is 19.2 Å². The Balaban J connectivity index is 1.35. The standard InChI is InChI=1S/C23H30N4O5/c24-7-11-32-12-10-26-8-5-15(6-9-26)13-16-1-2-17-18(14-16)23(31)27(22(17)30)19-3-4-20(28)25-21(19)29/h1-2,14-15,19H,3-13,24H2,(H,25,28,29). The van der Waals surface area contributed by atoms with Crippen LogP contribution in [-0.4, -0.2) is 78.9 Å². The highest BCUT2D eigenvalue weighted by Gasteiger charge is 2.44. The second-order valence-corrected chi connectivity index (χ2v) is 8.72. The molecule has 32 heavy (non-hydrogen) atoms. The van der Waals surface area contributed by atoms with E-state index in [1.807, 2.05) is 6.07 Å². The fourth-order valence-electron chi connectivity index (χ4n) is 4.77. The molecule has 9 heteroatoms. The number of nitrogens with two attached hydrogens (primary N) is 1. The molecule has 3 aliphatic rings. The zero-order valence-corrected chi connectivity index (χ0v) is 18.2. The maximum absolute atomic E-state index is 13.0. The van der Waals surface area contributed by atoms with Crippen LogP contribution in [0.25, 0.3) is 0 Å². The quantitative estimate of drug-likeness (QED) is 0.439. The Morgan fingerprint density at radius 1 is 1.00 bits per heavy atom. The number of fused-ring (bicyclic) bond motifs is 1. The summed E-state index contributed by atoms with van der Waals surface area (Å²) >= 11 is 0. The van der Waals surface area contributed by atoms with Gasteiger partial charge in [-0.2, -0.15) is 0 Å². The smallest absolute Gasteiger partial charge is 0.262 e. The highest BCUT2D eigenvalue weighted by atomic mass is 16.5. The van der Waals surface area contributed by atoms with Gasteiger partial charge in [-0.25, -0.2) is 0 Å². The third-order valence-electron chi connectivity index (χ3n) is 6.55. The first-order valence-electron chi connectivity index (χ1n) is 11.3. The molecule has 0 spiro atoms. The van der Waals surface area contributed by atoms with Crippen LogP contribution in [0.2, 0.25) is 0 Å². The number of hydrogen-bond donors (Lipinski definition) is 2. The molecule has 172 valence electrons. The number of ether oxygens (including phenoxy) is 1. The fraction of sp³-hybridized carbons (Fsp3) is 0.565. The fourth-order valence-corrected chi connectivity index (χ4v) is 4.77. The van der Waals surface area contributed by atoms with Crippen molar-refractivity contribution in [2.45, 2.75) is 38.1 Å². The Bertz CT molecular complexity index is 910. The lowest BCUT2D eigenvalue weighted by Crippen LogP contribution is -2.54. The summed E-state index contributed by atoms with van der Waals surface area (Å²) < 4.78 is 5.46. The molecular weight excluding hydrogens is 412 g/mol. The summed E-state index contributed by atoms with van der Waals surface area (Å²) in [5.41, 5.74) is 7.15. The number of carbonyl (C=O) groups is 4. The molecule has 2 saturated heterocycles. The molecule has 9 nitrogen and oxygen atoms in total. The molecule has 0 bridgehead atoms. The number of imide groups is 2. The normalized spacial score (nSPS) is 22.4. The predicted octanol–water partition coefficient (Wildman–Crippen LogP) is 0.318. The molecule has 3 aliphatic heterocycles. The van der Waals surface area contributed by atoms with Crippen molar-refractivity contribution >= 4 is 23.6 Å². The molecule has 1 atom stereocenters. The van der Waals surface area contributed by atoms with Gasteiger partial charge in [-0.3, -0.25) is 29.4 Å². The van der Waals surface area contributed by atoms with E-state index in [0.29, 0.717) is 36.8 Å². The van der Waals surface area contributed by atoms with Crippen molar-refractivity contribution in [3.8, 4) is 0 Å². The number of nitrogens with one attached hydrogen (secondary N) is 1. The maximum Gasteiger partial charge on any atom is 0.262 e. The summed E-state index contributed by atoms with van der Waals surface area (Å²) in [5, 5.41) is 2.22. The van der Waals surface area contributed by atoms with Crippen molar-refractivity contribution in [1.29, 1.82) is 0 Å². The Labute approximate surface area is 187 Å². The molecule has 0 aromatic heterocycles. The highest BCUT2D eigenvalue weighted by molar-refractivity contribution is 6.23. The zero-order chi connectivity index (χ0) is 22.7. The monoisotopic (exact) mass is 442 g/mol. The first kappa shape index (κ1) is 22.6. The van der Waals surface area contributed by atoms with Gasteiger partial charge in [0.25, 0.3) is 11.8 Å². The van der Waals surface area contributed by atoms with Gasteiger partial charge in [0.1, 0.15) is 6.04 Å². The lowest BCUT2D eigenvalue weighted by atomic mass is 9.89. The number of likely N-dealkylation sites (tertiary alicyclic amines) is 1. The molecule has 0 radical (unpaired) electrons. The Kier molecular flexibility index (Phi) is 6.98. The van der Waals surface area contributed by atoms with E-state index in [-0.39, 0.29) is 18.7 Å². The van der Waals surface area contributed by atoms with Gasteiger partial charge in [-0.15, -0.1) is 0 Å². The predicted molar refractivity (Wildman–Crippen MR) is 116 cm³/mol. The number of amides is 4. The first-order valence-corrected chi connectivity index (χ1v) is 11.3. The Morgan fingerprint density at radius 3 is 2.47 bits per heavy atom. The van der Waals surface area contributed by atoms with Crippen LogP contribution in [0.5, 0.6) is 0 Å². The van der Waals surface area contributed by atoms with E-state index < -0.39 is 23.8 Å². The minimum Gasteiger partial charge on any atom is -0.379 e. The molecule has 2 fully saturated rings. The van der Waals surface area contributed by atoms with Gasteiger partial charge in [0.15, 0.2) is 0 Å². The summed E-state index contributed by atoms with van der Waals surface area (Å²) in [7, 11) is 0. The van der Waals surface area contributed by atoms with Crippen LogP contribution in [-0.2, 0) is 20.7 Å². The van der Waals surface area contributed by atoms with Crippen LogP contribution in [0.1, 0.15) is 52.0 Å². The van der Waals surface area contributed by atoms with Crippen LogP contribution < -0.4 is 11.1 Å². The minimum absolute atomic E-state index is 0.118. The van der Waals surface area contributed by atoms with Crippen LogP contribution in [0.4, 0.5) is 0 Å². The number of piperidine rings is 2.